The molecule has 2 aromatic carbocycles. The third kappa shape index (κ3) is 3.88. The topological polar surface area (TPSA) is 12.9 Å². The lowest BCUT2D eigenvalue weighted by Gasteiger charge is -1.99. The van der Waals surface area contributed by atoms with Crippen LogP contribution in [0.2, 0.25) is 5.02 Å². The molecule has 0 bridgehead atoms. The van der Waals surface area contributed by atoms with E-state index >= 15 is 0 Å². The van der Waals surface area contributed by atoms with E-state index in [-0.39, 0.29) is 0 Å². The minimum absolute atomic E-state index is 0.773. The van der Waals surface area contributed by atoms with Crippen molar-refractivity contribution in [3.8, 4) is 10.6 Å². The van der Waals surface area contributed by atoms with Crippen LogP contribution in [-0.4, -0.2) is 4.98 Å². The molecule has 0 aliphatic rings. The zero-order valence-electron chi connectivity index (χ0n) is 11.5. The Morgan fingerprint density at radius 2 is 1.76 bits per heavy atom. The molecule has 0 saturated heterocycles. The molecule has 3 rings (SSSR count). The first kappa shape index (κ1) is 14.6. The number of nitrogens with zero attached hydrogens (tertiary/aromatic N) is 1. The Labute approximate surface area is 138 Å². The van der Waals surface area contributed by atoms with Crippen molar-refractivity contribution in [2.24, 2.45) is 0 Å². The van der Waals surface area contributed by atoms with Crippen LogP contribution in [-0.2, 0) is 5.75 Å². The van der Waals surface area contributed by atoms with Crippen molar-refractivity contribution in [2.75, 3.05) is 0 Å². The number of aryl methyl sites for hydroxylation is 1. The van der Waals surface area contributed by atoms with Gasteiger partial charge >= 0.3 is 0 Å². The summed E-state index contributed by atoms with van der Waals surface area (Å²) >= 11 is 9.37. The van der Waals surface area contributed by atoms with Crippen LogP contribution in [0.5, 0.6) is 0 Å². The van der Waals surface area contributed by atoms with Gasteiger partial charge in [0.15, 0.2) is 0 Å². The van der Waals surface area contributed by atoms with Crippen molar-refractivity contribution >= 4 is 34.7 Å². The summed E-state index contributed by atoms with van der Waals surface area (Å²) in [5, 5.41) is 3.99. The molecule has 21 heavy (non-hydrogen) atoms. The summed E-state index contributed by atoms with van der Waals surface area (Å²) in [6, 6.07) is 16.4. The van der Waals surface area contributed by atoms with Gasteiger partial charge in [0.1, 0.15) is 5.01 Å². The van der Waals surface area contributed by atoms with E-state index in [1.54, 1.807) is 23.1 Å². The number of thioether (sulfide) groups is 1. The maximum Gasteiger partial charge on any atom is 0.123 e. The van der Waals surface area contributed by atoms with Crippen molar-refractivity contribution < 1.29 is 0 Å². The number of thiazole rings is 1. The minimum Gasteiger partial charge on any atom is -0.240 e. The van der Waals surface area contributed by atoms with Crippen LogP contribution >= 0.6 is 34.7 Å². The molecule has 106 valence electrons. The molecule has 3 aromatic rings. The van der Waals surface area contributed by atoms with Crippen molar-refractivity contribution in [2.45, 2.75) is 17.6 Å². The number of rotatable bonds is 4. The van der Waals surface area contributed by atoms with E-state index < -0.39 is 0 Å². The highest BCUT2D eigenvalue weighted by Gasteiger charge is 2.05. The van der Waals surface area contributed by atoms with Gasteiger partial charge in [-0.25, -0.2) is 4.98 Å². The van der Waals surface area contributed by atoms with E-state index in [4.69, 9.17) is 16.6 Å². The SMILES string of the molecule is Cc1ccc(-c2nc(CSc3ccc(Cl)cc3)cs2)cc1. The summed E-state index contributed by atoms with van der Waals surface area (Å²) in [6.07, 6.45) is 0. The van der Waals surface area contributed by atoms with E-state index in [9.17, 15) is 0 Å². The van der Waals surface area contributed by atoms with E-state index in [1.165, 1.54) is 16.0 Å². The molecule has 1 nitrogen and oxygen atoms in total. The predicted octanol–water partition coefficient (Wildman–Crippen LogP) is 6.06. The molecular weight excluding hydrogens is 318 g/mol. The standard InChI is InChI=1S/C17H14ClNS2/c1-12-2-4-13(5-3-12)17-19-15(11-21-17)10-20-16-8-6-14(18)7-9-16/h2-9,11H,10H2,1H3. The highest BCUT2D eigenvalue weighted by atomic mass is 35.5. The van der Waals surface area contributed by atoms with Crippen molar-refractivity contribution in [3.63, 3.8) is 0 Å². The van der Waals surface area contributed by atoms with Gasteiger partial charge in [-0.15, -0.1) is 23.1 Å². The molecule has 0 atom stereocenters. The van der Waals surface area contributed by atoms with Gasteiger partial charge in [-0.2, -0.15) is 0 Å². The quantitative estimate of drug-likeness (QED) is 0.538. The van der Waals surface area contributed by atoms with E-state index in [1.807, 2.05) is 24.3 Å². The first-order valence-corrected chi connectivity index (χ1v) is 8.85. The molecule has 1 aromatic heterocycles. The predicted molar refractivity (Wildman–Crippen MR) is 93.3 cm³/mol. The first-order valence-electron chi connectivity index (χ1n) is 6.60. The molecule has 1 heterocycles. The van der Waals surface area contributed by atoms with Gasteiger partial charge in [-0.3, -0.25) is 0 Å². The maximum absolute atomic E-state index is 5.89. The highest BCUT2D eigenvalue weighted by Crippen LogP contribution is 2.28. The van der Waals surface area contributed by atoms with Crippen molar-refractivity contribution in [1.82, 2.24) is 4.98 Å². The van der Waals surface area contributed by atoms with Gasteiger partial charge in [0.2, 0.25) is 0 Å². The van der Waals surface area contributed by atoms with Gasteiger partial charge < -0.3 is 0 Å². The molecule has 4 heteroatoms. The fraction of sp³-hybridized carbons (Fsp3) is 0.118. The Bertz CT molecular complexity index is 717. The average molecular weight is 332 g/mol. The van der Waals surface area contributed by atoms with E-state index in [0.717, 1.165) is 21.5 Å². The lowest BCUT2D eigenvalue weighted by Crippen LogP contribution is -1.82. The van der Waals surface area contributed by atoms with Crippen molar-refractivity contribution in [3.05, 3.63) is 70.2 Å². The molecule has 0 spiro atoms. The van der Waals surface area contributed by atoms with Gasteiger partial charge in [-0.1, -0.05) is 41.4 Å². The molecule has 0 saturated carbocycles. The molecule has 0 N–H and O–H groups in total. The van der Waals surface area contributed by atoms with Gasteiger partial charge in [0.25, 0.3) is 0 Å². The number of hydrogen-bond acceptors (Lipinski definition) is 3. The summed E-state index contributed by atoms with van der Waals surface area (Å²) in [5.41, 5.74) is 3.58. The number of aromatic nitrogens is 1. The van der Waals surface area contributed by atoms with Gasteiger partial charge in [-0.05, 0) is 31.2 Å². The molecular formula is C17H14ClNS2. The fourth-order valence-corrected chi connectivity index (χ4v) is 3.74. The molecule has 0 radical (unpaired) electrons. The lowest BCUT2D eigenvalue weighted by molar-refractivity contribution is 1.23. The highest BCUT2D eigenvalue weighted by molar-refractivity contribution is 7.98. The first-order chi connectivity index (χ1) is 10.2. The summed E-state index contributed by atoms with van der Waals surface area (Å²) in [7, 11) is 0. The zero-order valence-corrected chi connectivity index (χ0v) is 13.9. The Morgan fingerprint density at radius 3 is 2.48 bits per heavy atom. The van der Waals surface area contributed by atoms with Crippen LogP contribution in [0, 0.1) is 6.92 Å². The third-order valence-corrected chi connectivity index (χ3v) is 5.29. The molecule has 0 aliphatic carbocycles. The van der Waals surface area contributed by atoms with Gasteiger partial charge in [0.05, 0.1) is 5.69 Å². The molecule has 0 aliphatic heterocycles. The average Bonchev–Trinajstić information content (AvgIpc) is 2.96. The van der Waals surface area contributed by atoms with E-state index in [0.29, 0.717) is 0 Å². The number of benzene rings is 2. The summed E-state index contributed by atoms with van der Waals surface area (Å²) in [4.78, 5) is 5.93. The molecule has 0 unspecified atom stereocenters. The fourth-order valence-electron chi connectivity index (χ4n) is 1.89. The normalized spacial score (nSPS) is 10.8. The van der Waals surface area contributed by atoms with Crippen LogP contribution in [0.3, 0.4) is 0 Å². The number of hydrogen-bond donors (Lipinski definition) is 0. The van der Waals surface area contributed by atoms with Crippen LogP contribution in [0.25, 0.3) is 10.6 Å². The largest absolute Gasteiger partial charge is 0.240 e. The van der Waals surface area contributed by atoms with Gasteiger partial charge in [0, 0.05) is 26.6 Å². The Morgan fingerprint density at radius 1 is 1.05 bits per heavy atom. The Hall–Kier alpha value is -1.29. The second-order valence-corrected chi connectivity index (χ2v) is 7.10. The Balaban J connectivity index is 1.67. The summed E-state index contributed by atoms with van der Waals surface area (Å²) < 4.78 is 0. The zero-order chi connectivity index (χ0) is 14.7. The second-order valence-electron chi connectivity index (χ2n) is 4.75. The smallest absolute Gasteiger partial charge is 0.123 e. The summed E-state index contributed by atoms with van der Waals surface area (Å²) in [6.45, 7) is 2.10. The van der Waals surface area contributed by atoms with Crippen LogP contribution in [0.4, 0.5) is 0 Å². The van der Waals surface area contributed by atoms with Crippen molar-refractivity contribution in [1.29, 1.82) is 0 Å². The number of halogens is 1. The van der Waals surface area contributed by atoms with E-state index in [2.05, 4.69) is 36.6 Å². The minimum atomic E-state index is 0.773. The third-order valence-electron chi connectivity index (χ3n) is 3.05. The molecule has 0 fully saturated rings. The monoisotopic (exact) mass is 331 g/mol. The molecule has 0 amide bonds. The van der Waals surface area contributed by atoms with Crippen LogP contribution < -0.4 is 0 Å². The summed E-state index contributed by atoms with van der Waals surface area (Å²) in [5.74, 6) is 0.879. The maximum atomic E-state index is 5.89. The second kappa shape index (κ2) is 6.65. The van der Waals surface area contributed by atoms with Crippen LogP contribution in [0.1, 0.15) is 11.3 Å². The Kier molecular flexibility index (Phi) is 4.63. The lowest BCUT2D eigenvalue weighted by atomic mass is 10.2. The van der Waals surface area contributed by atoms with Crippen LogP contribution in [0.15, 0.2) is 58.8 Å².